The number of hydrogen-bond acceptors (Lipinski definition) is 3. The average Bonchev–Trinajstić information content (AvgIpc) is 2.76. The van der Waals surface area contributed by atoms with Gasteiger partial charge in [-0.15, -0.1) is 0 Å². The van der Waals surface area contributed by atoms with Crippen LogP contribution in [-0.2, 0) is 7.05 Å². The molecule has 1 heterocycles. The first-order chi connectivity index (χ1) is 9.17. The van der Waals surface area contributed by atoms with Gasteiger partial charge < -0.3 is 9.88 Å². The van der Waals surface area contributed by atoms with Gasteiger partial charge in [0, 0.05) is 18.8 Å². The van der Waals surface area contributed by atoms with Gasteiger partial charge in [-0.25, -0.2) is 4.98 Å². The van der Waals surface area contributed by atoms with Crippen LogP contribution in [0, 0.1) is 0 Å². The molecule has 19 heavy (non-hydrogen) atoms. The lowest BCUT2D eigenvalue weighted by Gasteiger charge is -2.21. The van der Waals surface area contributed by atoms with Crippen molar-refractivity contribution in [1.29, 1.82) is 0 Å². The maximum absolute atomic E-state index is 4.75. The SMILES string of the molecule is CCC(CSC)NC(C)c1nc2ccccc2n1C. The van der Waals surface area contributed by atoms with Crippen molar-refractivity contribution in [2.24, 2.45) is 7.05 Å². The molecule has 1 aromatic carbocycles. The first kappa shape index (κ1) is 14.4. The van der Waals surface area contributed by atoms with Gasteiger partial charge in [-0.1, -0.05) is 19.1 Å². The zero-order valence-corrected chi connectivity index (χ0v) is 13.0. The molecule has 1 aromatic heterocycles. The number of aryl methyl sites for hydroxylation is 1. The van der Waals surface area contributed by atoms with Crippen molar-refractivity contribution in [3.05, 3.63) is 30.1 Å². The quantitative estimate of drug-likeness (QED) is 0.878. The number of thioether (sulfide) groups is 1. The van der Waals surface area contributed by atoms with Crippen LogP contribution in [-0.4, -0.2) is 27.6 Å². The average molecular weight is 277 g/mol. The van der Waals surface area contributed by atoms with Gasteiger partial charge in [0.25, 0.3) is 0 Å². The molecule has 2 aromatic rings. The van der Waals surface area contributed by atoms with E-state index in [2.05, 4.69) is 55.2 Å². The lowest BCUT2D eigenvalue weighted by Crippen LogP contribution is -2.34. The van der Waals surface area contributed by atoms with Crippen LogP contribution in [0.3, 0.4) is 0 Å². The minimum Gasteiger partial charge on any atom is -0.330 e. The fraction of sp³-hybridized carbons (Fsp3) is 0.533. The fourth-order valence-electron chi connectivity index (χ4n) is 2.46. The molecule has 3 nitrogen and oxygen atoms in total. The standard InChI is InChI=1S/C15H23N3S/c1-5-12(10-19-4)16-11(2)15-17-13-8-6-7-9-14(13)18(15)3/h6-9,11-12,16H,5,10H2,1-4H3. The molecule has 0 saturated carbocycles. The van der Waals surface area contributed by atoms with Gasteiger partial charge in [-0.05, 0) is 31.7 Å². The van der Waals surface area contributed by atoms with Gasteiger partial charge in [0.2, 0.25) is 0 Å². The predicted molar refractivity (Wildman–Crippen MR) is 84.7 cm³/mol. The minimum absolute atomic E-state index is 0.273. The molecule has 0 radical (unpaired) electrons. The van der Waals surface area contributed by atoms with Crippen LogP contribution in [0.2, 0.25) is 0 Å². The van der Waals surface area contributed by atoms with E-state index < -0.39 is 0 Å². The lowest BCUT2D eigenvalue weighted by atomic mass is 10.2. The van der Waals surface area contributed by atoms with E-state index in [1.165, 1.54) is 5.52 Å². The Labute approximate surface area is 119 Å². The van der Waals surface area contributed by atoms with E-state index in [0.29, 0.717) is 6.04 Å². The number of benzene rings is 1. The van der Waals surface area contributed by atoms with E-state index in [0.717, 1.165) is 23.5 Å². The van der Waals surface area contributed by atoms with Crippen LogP contribution < -0.4 is 5.32 Å². The first-order valence-corrected chi connectivity index (χ1v) is 8.23. The monoisotopic (exact) mass is 277 g/mol. The van der Waals surface area contributed by atoms with Gasteiger partial charge in [-0.2, -0.15) is 11.8 Å². The molecular weight excluding hydrogens is 254 g/mol. The summed E-state index contributed by atoms with van der Waals surface area (Å²) in [6, 6.07) is 9.12. The van der Waals surface area contributed by atoms with Crippen LogP contribution >= 0.6 is 11.8 Å². The first-order valence-electron chi connectivity index (χ1n) is 6.83. The summed E-state index contributed by atoms with van der Waals surface area (Å²) < 4.78 is 2.19. The predicted octanol–water partition coefficient (Wildman–Crippen LogP) is 3.37. The van der Waals surface area contributed by atoms with E-state index in [-0.39, 0.29) is 6.04 Å². The summed E-state index contributed by atoms with van der Waals surface area (Å²) in [5.41, 5.74) is 2.27. The minimum atomic E-state index is 0.273. The van der Waals surface area contributed by atoms with Crippen LogP contribution in [0.5, 0.6) is 0 Å². The fourth-order valence-corrected chi connectivity index (χ4v) is 3.20. The second-order valence-electron chi connectivity index (χ2n) is 4.97. The van der Waals surface area contributed by atoms with E-state index in [1.807, 2.05) is 17.8 Å². The summed E-state index contributed by atoms with van der Waals surface area (Å²) in [5.74, 6) is 2.26. The van der Waals surface area contributed by atoms with Crippen molar-refractivity contribution < 1.29 is 0 Å². The normalized spacial score (nSPS) is 14.7. The molecule has 1 N–H and O–H groups in total. The van der Waals surface area contributed by atoms with Crippen LogP contribution in [0.4, 0.5) is 0 Å². The molecule has 0 spiro atoms. The summed E-state index contributed by atoms with van der Waals surface area (Å²) in [6.07, 6.45) is 3.30. The van der Waals surface area contributed by atoms with Crippen LogP contribution in [0.15, 0.2) is 24.3 Å². The Morgan fingerprint density at radius 1 is 1.37 bits per heavy atom. The molecule has 2 unspecified atom stereocenters. The maximum Gasteiger partial charge on any atom is 0.126 e. The van der Waals surface area contributed by atoms with Crippen molar-refractivity contribution in [2.45, 2.75) is 32.4 Å². The van der Waals surface area contributed by atoms with Gasteiger partial charge in [0.1, 0.15) is 5.82 Å². The molecule has 0 aliphatic rings. The van der Waals surface area contributed by atoms with Crippen molar-refractivity contribution in [3.8, 4) is 0 Å². The summed E-state index contributed by atoms with van der Waals surface area (Å²) >= 11 is 1.89. The third kappa shape index (κ3) is 3.12. The molecule has 2 rings (SSSR count). The molecule has 0 saturated heterocycles. The Hall–Kier alpha value is -1.00. The van der Waals surface area contributed by atoms with E-state index in [9.17, 15) is 0 Å². The van der Waals surface area contributed by atoms with E-state index >= 15 is 0 Å². The number of imidazole rings is 1. The maximum atomic E-state index is 4.75. The zero-order valence-electron chi connectivity index (χ0n) is 12.2. The van der Waals surface area contributed by atoms with E-state index in [4.69, 9.17) is 4.98 Å². The molecule has 2 atom stereocenters. The second kappa shape index (κ2) is 6.44. The highest BCUT2D eigenvalue weighted by Crippen LogP contribution is 2.20. The highest BCUT2D eigenvalue weighted by atomic mass is 32.2. The third-order valence-electron chi connectivity index (χ3n) is 3.56. The molecule has 0 amide bonds. The van der Waals surface area contributed by atoms with Crippen molar-refractivity contribution in [2.75, 3.05) is 12.0 Å². The number of fused-ring (bicyclic) bond motifs is 1. The summed E-state index contributed by atoms with van der Waals surface area (Å²) in [4.78, 5) is 4.75. The topological polar surface area (TPSA) is 29.9 Å². The number of rotatable bonds is 6. The third-order valence-corrected chi connectivity index (χ3v) is 4.29. The lowest BCUT2D eigenvalue weighted by molar-refractivity contribution is 0.453. The Kier molecular flexibility index (Phi) is 4.88. The molecule has 104 valence electrons. The summed E-state index contributed by atoms with van der Waals surface area (Å²) in [5, 5.41) is 3.68. The van der Waals surface area contributed by atoms with Crippen LogP contribution in [0.1, 0.15) is 32.1 Å². The zero-order chi connectivity index (χ0) is 13.8. The van der Waals surface area contributed by atoms with Crippen molar-refractivity contribution in [1.82, 2.24) is 14.9 Å². The molecule has 0 bridgehead atoms. The molecule has 0 aliphatic heterocycles. The van der Waals surface area contributed by atoms with Crippen LogP contribution in [0.25, 0.3) is 11.0 Å². The van der Waals surface area contributed by atoms with Crippen molar-refractivity contribution >= 4 is 22.8 Å². The Bertz CT molecular complexity index is 535. The van der Waals surface area contributed by atoms with Gasteiger partial charge in [0.05, 0.1) is 17.1 Å². The number of nitrogens with zero attached hydrogens (tertiary/aromatic N) is 2. The van der Waals surface area contributed by atoms with Gasteiger partial charge in [-0.3, -0.25) is 0 Å². The number of para-hydroxylation sites is 2. The highest BCUT2D eigenvalue weighted by molar-refractivity contribution is 7.98. The molecule has 0 fully saturated rings. The summed E-state index contributed by atoms with van der Waals surface area (Å²) in [7, 11) is 2.10. The Morgan fingerprint density at radius 3 is 2.74 bits per heavy atom. The van der Waals surface area contributed by atoms with Gasteiger partial charge in [0.15, 0.2) is 0 Å². The number of hydrogen-bond donors (Lipinski definition) is 1. The molecule has 4 heteroatoms. The Morgan fingerprint density at radius 2 is 2.11 bits per heavy atom. The van der Waals surface area contributed by atoms with Gasteiger partial charge >= 0.3 is 0 Å². The number of aromatic nitrogens is 2. The largest absolute Gasteiger partial charge is 0.330 e. The van der Waals surface area contributed by atoms with E-state index in [1.54, 1.807) is 0 Å². The summed E-state index contributed by atoms with van der Waals surface area (Å²) in [6.45, 7) is 4.43. The number of nitrogens with one attached hydrogen (secondary N) is 1. The van der Waals surface area contributed by atoms with Crippen molar-refractivity contribution in [3.63, 3.8) is 0 Å². The smallest absolute Gasteiger partial charge is 0.126 e. The second-order valence-corrected chi connectivity index (χ2v) is 5.88. The molecular formula is C15H23N3S. The Balaban J connectivity index is 2.21. The molecule has 0 aliphatic carbocycles. The highest BCUT2D eigenvalue weighted by Gasteiger charge is 2.17.